The molecule has 4 nitrogen and oxygen atoms in total. The fraction of sp³-hybridized carbons (Fsp3) is 0.500. The average molecular weight is 247 g/mol. The quantitative estimate of drug-likeness (QED) is 0.565. The second kappa shape index (κ2) is 5.87. The fourth-order valence-corrected chi connectivity index (χ4v) is 2.67. The van der Waals surface area contributed by atoms with Crippen LogP contribution in [0.5, 0.6) is 0 Å². The number of nitrogens with two attached hydrogens (primary N) is 1. The van der Waals surface area contributed by atoms with Crippen LogP contribution in [0.3, 0.4) is 0 Å². The van der Waals surface area contributed by atoms with E-state index in [9.17, 15) is 4.79 Å². The summed E-state index contributed by atoms with van der Waals surface area (Å²) in [5.74, 6) is 5.98. The Morgan fingerprint density at radius 3 is 2.67 bits per heavy atom. The molecular weight excluding hydrogens is 226 g/mol. The fourth-order valence-electron chi connectivity index (χ4n) is 2.67. The standard InChI is InChI=1S/C14H21N3O/c1-10(11-6-2-3-7-11)16-14(18)12-8-4-5-9-13(12)17-15/h4-5,8-11,17H,2-3,6-7,15H2,1H3,(H,16,18). The summed E-state index contributed by atoms with van der Waals surface area (Å²) in [5, 5.41) is 3.08. The van der Waals surface area contributed by atoms with E-state index in [1.54, 1.807) is 12.1 Å². The van der Waals surface area contributed by atoms with E-state index in [0.717, 1.165) is 0 Å². The molecule has 98 valence electrons. The maximum Gasteiger partial charge on any atom is 0.253 e. The van der Waals surface area contributed by atoms with Crippen molar-refractivity contribution in [3.05, 3.63) is 29.8 Å². The number of hydrogen-bond acceptors (Lipinski definition) is 3. The molecule has 1 fully saturated rings. The molecule has 2 rings (SSSR count). The molecule has 1 amide bonds. The first kappa shape index (κ1) is 12.9. The van der Waals surface area contributed by atoms with Gasteiger partial charge in [0.25, 0.3) is 5.91 Å². The highest BCUT2D eigenvalue weighted by atomic mass is 16.1. The van der Waals surface area contributed by atoms with Crippen LogP contribution in [-0.2, 0) is 0 Å². The van der Waals surface area contributed by atoms with Crippen molar-refractivity contribution in [1.82, 2.24) is 5.32 Å². The molecule has 4 N–H and O–H groups in total. The Morgan fingerprint density at radius 1 is 1.33 bits per heavy atom. The summed E-state index contributed by atoms with van der Waals surface area (Å²) in [6, 6.07) is 7.51. The highest BCUT2D eigenvalue weighted by Crippen LogP contribution is 2.27. The Morgan fingerprint density at radius 2 is 2.00 bits per heavy atom. The summed E-state index contributed by atoms with van der Waals surface area (Å²) in [6.07, 6.45) is 5.01. The van der Waals surface area contributed by atoms with E-state index in [2.05, 4.69) is 17.7 Å². The third-order valence-electron chi connectivity index (χ3n) is 3.79. The molecule has 1 aliphatic carbocycles. The number of anilines is 1. The molecule has 4 heteroatoms. The van der Waals surface area contributed by atoms with Gasteiger partial charge in [-0.05, 0) is 37.8 Å². The Kier molecular flexibility index (Phi) is 4.20. The van der Waals surface area contributed by atoms with Crippen LogP contribution in [0.25, 0.3) is 0 Å². The third kappa shape index (κ3) is 2.82. The van der Waals surface area contributed by atoms with Gasteiger partial charge in [-0.3, -0.25) is 10.6 Å². The van der Waals surface area contributed by atoms with Gasteiger partial charge in [-0.1, -0.05) is 25.0 Å². The lowest BCUT2D eigenvalue weighted by Crippen LogP contribution is -2.37. The number of nitrogen functional groups attached to an aromatic ring is 1. The predicted molar refractivity (Wildman–Crippen MR) is 73.1 cm³/mol. The molecule has 0 heterocycles. The van der Waals surface area contributed by atoms with Gasteiger partial charge in [-0.2, -0.15) is 0 Å². The summed E-state index contributed by atoms with van der Waals surface area (Å²) in [7, 11) is 0. The molecule has 1 aromatic rings. The second-order valence-corrected chi connectivity index (χ2v) is 5.00. The molecule has 0 bridgehead atoms. The predicted octanol–water partition coefficient (Wildman–Crippen LogP) is 2.28. The summed E-state index contributed by atoms with van der Waals surface area (Å²) >= 11 is 0. The molecule has 0 spiro atoms. The number of carbonyl (C=O) groups excluding carboxylic acids is 1. The van der Waals surface area contributed by atoms with Gasteiger partial charge in [0.15, 0.2) is 0 Å². The first-order valence-electron chi connectivity index (χ1n) is 6.59. The molecule has 1 saturated carbocycles. The van der Waals surface area contributed by atoms with Crippen LogP contribution in [0.2, 0.25) is 0 Å². The van der Waals surface area contributed by atoms with Crippen LogP contribution >= 0.6 is 0 Å². The van der Waals surface area contributed by atoms with Gasteiger partial charge in [-0.15, -0.1) is 0 Å². The van der Waals surface area contributed by atoms with Crippen molar-refractivity contribution in [3.63, 3.8) is 0 Å². The van der Waals surface area contributed by atoms with Crippen LogP contribution < -0.4 is 16.6 Å². The monoisotopic (exact) mass is 247 g/mol. The van der Waals surface area contributed by atoms with E-state index < -0.39 is 0 Å². The molecular formula is C14H21N3O. The summed E-state index contributed by atoms with van der Waals surface area (Å²) in [6.45, 7) is 2.09. The van der Waals surface area contributed by atoms with Crippen molar-refractivity contribution in [3.8, 4) is 0 Å². The van der Waals surface area contributed by atoms with Crippen LogP contribution in [0.4, 0.5) is 5.69 Å². The molecule has 0 aromatic heterocycles. The maximum atomic E-state index is 12.2. The Balaban J connectivity index is 2.02. The van der Waals surface area contributed by atoms with Crippen LogP contribution in [-0.4, -0.2) is 11.9 Å². The first-order chi connectivity index (χ1) is 8.72. The summed E-state index contributed by atoms with van der Waals surface area (Å²) in [5.41, 5.74) is 3.82. The van der Waals surface area contributed by atoms with Crippen molar-refractivity contribution >= 4 is 11.6 Å². The average Bonchev–Trinajstić information content (AvgIpc) is 2.92. The van der Waals surface area contributed by atoms with E-state index in [0.29, 0.717) is 17.2 Å². The summed E-state index contributed by atoms with van der Waals surface area (Å²) < 4.78 is 0. The topological polar surface area (TPSA) is 67.2 Å². The van der Waals surface area contributed by atoms with Gasteiger partial charge in [0, 0.05) is 6.04 Å². The Hall–Kier alpha value is -1.55. The largest absolute Gasteiger partial charge is 0.349 e. The minimum atomic E-state index is -0.0528. The lowest BCUT2D eigenvalue weighted by Gasteiger charge is -2.21. The van der Waals surface area contributed by atoms with E-state index in [-0.39, 0.29) is 11.9 Å². The van der Waals surface area contributed by atoms with Crippen molar-refractivity contribution in [2.75, 3.05) is 5.43 Å². The molecule has 18 heavy (non-hydrogen) atoms. The zero-order valence-corrected chi connectivity index (χ0v) is 10.8. The van der Waals surface area contributed by atoms with Crippen molar-refractivity contribution < 1.29 is 4.79 Å². The minimum Gasteiger partial charge on any atom is -0.349 e. The highest BCUT2D eigenvalue weighted by molar-refractivity contribution is 5.99. The van der Waals surface area contributed by atoms with Gasteiger partial charge >= 0.3 is 0 Å². The number of hydrogen-bond donors (Lipinski definition) is 3. The zero-order chi connectivity index (χ0) is 13.0. The number of amides is 1. The lowest BCUT2D eigenvalue weighted by molar-refractivity contribution is 0.0928. The molecule has 1 aliphatic rings. The van der Waals surface area contributed by atoms with Crippen molar-refractivity contribution in [1.29, 1.82) is 0 Å². The zero-order valence-electron chi connectivity index (χ0n) is 10.8. The third-order valence-corrected chi connectivity index (χ3v) is 3.79. The maximum absolute atomic E-state index is 12.2. The highest BCUT2D eigenvalue weighted by Gasteiger charge is 2.23. The Labute approximate surface area is 108 Å². The van der Waals surface area contributed by atoms with Crippen molar-refractivity contribution in [2.24, 2.45) is 11.8 Å². The van der Waals surface area contributed by atoms with E-state index in [1.165, 1.54) is 25.7 Å². The Bertz CT molecular complexity index is 413. The number of para-hydroxylation sites is 1. The smallest absolute Gasteiger partial charge is 0.253 e. The SMILES string of the molecule is CC(NC(=O)c1ccccc1NN)C1CCCC1. The number of carbonyl (C=O) groups is 1. The number of nitrogens with one attached hydrogen (secondary N) is 2. The van der Waals surface area contributed by atoms with E-state index >= 15 is 0 Å². The number of hydrazine groups is 1. The number of rotatable bonds is 4. The molecule has 1 atom stereocenters. The van der Waals surface area contributed by atoms with Gasteiger partial charge in [0.1, 0.15) is 0 Å². The van der Waals surface area contributed by atoms with Crippen LogP contribution in [0, 0.1) is 5.92 Å². The molecule has 1 aromatic carbocycles. The lowest BCUT2D eigenvalue weighted by atomic mass is 9.99. The normalized spacial score (nSPS) is 17.4. The van der Waals surface area contributed by atoms with Crippen LogP contribution in [0.1, 0.15) is 43.0 Å². The second-order valence-electron chi connectivity index (χ2n) is 5.00. The van der Waals surface area contributed by atoms with Gasteiger partial charge < -0.3 is 10.7 Å². The first-order valence-corrected chi connectivity index (χ1v) is 6.59. The van der Waals surface area contributed by atoms with Crippen LogP contribution in [0.15, 0.2) is 24.3 Å². The molecule has 0 saturated heterocycles. The van der Waals surface area contributed by atoms with E-state index in [1.807, 2.05) is 12.1 Å². The van der Waals surface area contributed by atoms with Crippen molar-refractivity contribution in [2.45, 2.75) is 38.6 Å². The van der Waals surface area contributed by atoms with E-state index in [4.69, 9.17) is 5.84 Å². The number of benzene rings is 1. The molecule has 0 radical (unpaired) electrons. The molecule has 0 aliphatic heterocycles. The van der Waals surface area contributed by atoms with Gasteiger partial charge in [0.05, 0.1) is 11.3 Å². The summed E-state index contributed by atoms with van der Waals surface area (Å²) in [4.78, 5) is 12.2. The van der Waals surface area contributed by atoms with Gasteiger partial charge in [0.2, 0.25) is 0 Å². The molecule has 1 unspecified atom stereocenters. The minimum absolute atomic E-state index is 0.0528. The van der Waals surface area contributed by atoms with Gasteiger partial charge in [-0.25, -0.2) is 0 Å².